The Hall–Kier alpha value is -1.10. The van der Waals surface area contributed by atoms with Gasteiger partial charge in [0.2, 0.25) is 5.91 Å². The quantitative estimate of drug-likeness (QED) is 0.754. The molecule has 2 N–H and O–H groups in total. The van der Waals surface area contributed by atoms with Crippen LogP contribution >= 0.6 is 0 Å². The van der Waals surface area contributed by atoms with E-state index >= 15 is 0 Å². The molecule has 2 aliphatic rings. The van der Waals surface area contributed by atoms with Crippen molar-refractivity contribution in [1.29, 1.82) is 0 Å². The lowest BCUT2D eigenvalue weighted by Crippen LogP contribution is -2.50. The molecule has 6 unspecified atom stereocenters. The molecule has 5 heteroatoms. The molecule has 0 heterocycles. The number of nitrogens with one attached hydrogen (secondary N) is 1. The van der Waals surface area contributed by atoms with Crippen LogP contribution in [0.1, 0.15) is 46.5 Å². The normalized spacial score (nSPS) is 31.0. The number of carbonyl (C=O) groups excluding carboxylic acids is 1. The Labute approximate surface area is 133 Å². The molecule has 0 radical (unpaired) electrons. The molecule has 0 aliphatic heterocycles. The van der Waals surface area contributed by atoms with Crippen molar-refractivity contribution in [2.24, 2.45) is 23.7 Å². The first-order chi connectivity index (χ1) is 10.3. The number of carboxylic acids is 1. The van der Waals surface area contributed by atoms with Crippen molar-refractivity contribution < 1.29 is 14.7 Å². The first-order valence-corrected chi connectivity index (χ1v) is 8.53. The van der Waals surface area contributed by atoms with Gasteiger partial charge in [0.25, 0.3) is 0 Å². The van der Waals surface area contributed by atoms with Crippen LogP contribution in [0.25, 0.3) is 0 Å². The minimum atomic E-state index is -0.824. The molecule has 1 amide bonds. The van der Waals surface area contributed by atoms with Gasteiger partial charge in [0.15, 0.2) is 0 Å². The molecule has 2 rings (SSSR count). The number of likely N-dealkylation sites (N-methyl/N-ethyl adjacent to an activating group) is 1. The number of carboxylic acid groups (broad SMARTS) is 1. The van der Waals surface area contributed by atoms with Gasteiger partial charge in [-0.1, -0.05) is 13.3 Å². The predicted molar refractivity (Wildman–Crippen MR) is 85.4 cm³/mol. The summed E-state index contributed by atoms with van der Waals surface area (Å²) in [7, 11) is 1.81. The van der Waals surface area contributed by atoms with Gasteiger partial charge >= 0.3 is 5.97 Å². The molecule has 5 nitrogen and oxygen atoms in total. The first kappa shape index (κ1) is 17.3. The van der Waals surface area contributed by atoms with E-state index in [9.17, 15) is 9.59 Å². The summed E-state index contributed by atoms with van der Waals surface area (Å²) < 4.78 is 0. The number of nitrogens with zero attached hydrogens (tertiary/aromatic N) is 1. The van der Waals surface area contributed by atoms with E-state index in [1.165, 1.54) is 25.7 Å². The van der Waals surface area contributed by atoms with Crippen LogP contribution < -0.4 is 5.32 Å². The lowest BCUT2D eigenvalue weighted by molar-refractivity contribution is -0.142. The number of hydrogen-bond acceptors (Lipinski definition) is 3. The van der Waals surface area contributed by atoms with Crippen molar-refractivity contribution in [3.05, 3.63) is 0 Å². The molecule has 2 saturated carbocycles. The average molecular weight is 310 g/mol. The maximum Gasteiger partial charge on any atom is 0.307 e. The second-order valence-corrected chi connectivity index (χ2v) is 7.49. The zero-order valence-corrected chi connectivity index (χ0v) is 14.2. The van der Waals surface area contributed by atoms with Gasteiger partial charge in [-0.15, -0.1) is 0 Å². The fourth-order valence-electron chi connectivity index (χ4n) is 4.23. The predicted octanol–water partition coefficient (Wildman–Crippen LogP) is 1.97. The van der Waals surface area contributed by atoms with Gasteiger partial charge in [-0.05, 0) is 57.9 Å². The summed E-state index contributed by atoms with van der Waals surface area (Å²) in [5.74, 6) is 1.01. The zero-order valence-electron chi connectivity index (χ0n) is 14.2. The van der Waals surface area contributed by atoms with Crippen LogP contribution in [0.5, 0.6) is 0 Å². The second-order valence-electron chi connectivity index (χ2n) is 7.49. The summed E-state index contributed by atoms with van der Waals surface area (Å²) in [5.41, 5.74) is 0. The van der Waals surface area contributed by atoms with Gasteiger partial charge in [-0.3, -0.25) is 14.5 Å². The maximum absolute atomic E-state index is 12.4. The van der Waals surface area contributed by atoms with Crippen LogP contribution in [0.4, 0.5) is 0 Å². The van der Waals surface area contributed by atoms with E-state index in [4.69, 9.17) is 5.11 Å². The summed E-state index contributed by atoms with van der Waals surface area (Å²) in [6.45, 7) is 6.01. The van der Waals surface area contributed by atoms with Crippen LogP contribution in [0.15, 0.2) is 0 Å². The highest BCUT2D eigenvalue weighted by atomic mass is 16.4. The van der Waals surface area contributed by atoms with E-state index in [0.717, 1.165) is 11.8 Å². The Balaban J connectivity index is 1.81. The van der Waals surface area contributed by atoms with E-state index < -0.39 is 11.9 Å². The number of hydrogen-bond donors (Lipinski definition) is 2. The summed E-state index contributed by atoms with van der Waals surface area (Å²) in [4.78, 5) is 25.2. The van der Waals surface area contributed by atoms with Crippen molar-refractivity contribution in [3.8, 4) is 0 Å². The smallest absolute Gasteiger partial charge is 0.307 e. The molecule has 126 valence electrons. The molecule has 0 aromatic rings. The molecule has 22 heavy (non-hydrogen) atoms. The Bertz CT molecular complexity index is 426. The van der Waals surface area contributed by atoms with E-state index in [1.807, 2.05) is 18.9 Å². The topological polar surface area (TPSA) is 69.6 Å². The maximum atomic E-state index is 12.4. The number of carbonyl (C=O) groups is 2. The molecular weight excluding hydrogens is 280 g/mol. The average Bonchev–Trinajstić information content (AvgIpc) is 3.08. The molecule has 2 bridgehead atoms. The highest BCUT2D eigenvalue weighted by Crippen LogP contribution is 2.49. The number of rotatable bonds is 7. The summed E-state index contributed by atoms with van der Waals surface area (Å²) in [6.07, 6.45) is 5.29. The van der Waals surface area contributed by atoms with Crippen LogP contribution in [0, 0.1) is 23.7 Å². The van der Waals surface area contributed by atoms with Crippen LogP contribution in [-0.2, 0) is 9.59 Å². The third-order valence-electron chi connectivity index (χ3n) is 5.83. The van der Waals surface area contributed by atoms with Crippen molar-refractivity contribution >= 4 is 11.9 Å². The molecule has 0 aromatic heterocycles. The van der Waals surface area contributed by atoms with Crippen molar-refractivity contribution in [2.75, 3.05) is 13.6 Å². The zero-order chi connectivity index (χ0) is 16.4. The van der Waals surface area contributed by atoms with Gasteiger partial charge in [0, 0.05) is 12.6 Å². The number of aliphatic carboxylic acids is 1. The van der Waals surface area contributed by atoms with Crippen molar-refractivity contribution in [1.82, 2.24) is 10.2 Å². The molecule has 2 aliphatic carbocycles. The SMILES string of the molecule is CC(CN(C)C(C)C(=O)NC(C)C1CC2CCC1C2)C(=O)O. The van der Waals surface area contributed by atoms with E-state index in [-0.39, 0.29) is 18.0 Å². The lowest BCUT2D eigenvalue weighted by atomic mass is 9.84. The monoisotopic (exact) mass is 310 g/mol. The Kier molecular flexibility index (Phi) is 5.48. The summed E-state index contributed by atoms with van der Waals surface area (Å²) >= 11 is 0. The highest BCUT2D eigenvalue weighted by molar-refractivity contribution is 5.81. The van der Waals surface area contributed by atoms with Gasteiger partial charge in [0.05, 0.1) is 12.0 Å². The van der Waals surface area contributed by atoms with Crippen molar-refractivity contribution in [2.45, 2.75) is 58.5 Å². The third kappa shape index (κ3) is 3.80. The molecule has 0 saturated heterocycles. The Morgan fingerprint density at radius 1 is 1.23 bits per heavy atom. The molecule has 2 fully saturated rings. The molecular formula is C17H30N2O3. The van der Waals surface area contributed by atoms with Gasteiger partial charge in [-0.25, -0.2) is 0 Å². The van der Waals surface area contributed by atoms with Gasteiger partial charge in [0.1, 0.15) is 0 Å². The minimum absolute atomic E-state index is 0.00959. The van der Waals surface area contributed by atoms with E-state index in [1.54, 1.807) is 6.92 Å². The highest BCUT2D eigenvalue weighted by Gasteiger charge is 2.42. The first-order valence-electron chi connectivity index (χ1n) is 8.53. The standard InChI is InChI=1S/C17H30N2O3/c1-10(17(21)22)9-19(4)12(3)16(20)18-11(2)15-8-13-5-6-14(15)7-13/h10-15H,5-9H2,1-4H3,(H,18,20)(H,21,22). The fourth-order valence-corrected chi connectivity index (χ4v) is 4.23. The Morgan fingerprint density at radius 2 is 1.91 bits per heavy atom. The lowest BCUT2D eigenvalue weighted by Gasteiger charge is -2.31. The van der Waals surface area contributed by atoms with Gasteiger partial charge < -0.3 is 10.4 Å². The second kappa shape index (κ2) is 6.99. The minimum Gasteiger partial charge on any atom is -0.481 e. The number of fused-ring (bicyclic) bond motifs is 2. The number of amides is 1. The fraction of sp³-hybridized carbons (Fsp3) is 0.882. The van der Waals surface area contributed by atoms with E-state index in [0.29, 0.717) is 12.5 Å². The van der Waals surface area contributed by atoms with Crippen LogP contribution in [-0.4, -0.2) is 47.6 Å². The summed E-state index contributed by atoms with van der Waals surface area (Å²) in [5, 5.41) is 12.1. The van der Waals surface area contributed by atoms with E-state index in [2.05, 4.69) is 12.2 Å². The Morgan fingerprint density at radius 3 is 2.41 bits per heavy atom. The van der Waals surface area contributed by atoms with Crippen molar-refractivity contribution in [3.63, 3.8) is 0 Å². The molecule has 6 atom stereocenters. The van der Waals surface area contributed by atoms with Gasteiger partial charge in [-0.2, -0.15) is 0 Å². The van der Waals surface area contributed by atoms with Crippen LogP contribution in [0.3, 0.4) is 0 Å². The molecule has 0 aromatic carbocycles. The largest absolute Gasteiger partial charge is 0.481 e. The summed E-state index contributed by atoms with van der Waals surface area (Å²) in [6, 6.07) is -0.0848. The third-order valence-corrected chi connectivity index (χ3v) is 5.83. The molecule has 0 spiro atoms. The van der Waals surface area contributed by atoms with Crippen LogP contribution in [0.2, 0.25) is 0 Å².